The van der Waals surface area contributed by atoms with Crippen LogP contribution in [0.4, 0.5) is 10.1 Å². The summed E-state index contributed by atoms with van der Waals surface area (Å²) < 4.78 is 18.8. The van der Waals surface area contributed by atoms with Crippen molar-refractivity contribution in [3.63, 3.8) is 0 Å². The number of halogens is 1. The lowest BCUT2D eigenvalue weighted by atomic mass is 10.2. The van der Waals surface area contributed by atoms with Crippen molar-refractivity contribution in [2.45, 2.75) is 0 Å². The van der Waals surface area contributed by atoms with Crippen molar-refractivity contribution in [2.75, 3.05) is 18.9 Å². The van der Waals surface area contributed by atoms with Crippen molar-refractivity contribution < 1.29 is 19.0 Å². The maximum Gasteiger partial charge on any atom is 0.258 e. The van der Waals surface area contributed by atoms with Gasteiger partial charge in [-0.15, -0.1) is 0 Å². The standard InChI is InChI=1S/C15H15FN2O3/c16-12-5-2-6-13(19)14(12)15(20)18-7-8-21-11-4-1-3-10(17)9-11/h1-6,9,19H,7-8,17H2,(H,18,20). The fourth-order valence-electron chi connectivity index (χ4n) is 1.76. The highest BCUT2D eigenvalue weighted by molar-refractivity contribution is 5.97. The Morgan fingerprint density at radius 3 is 2.76 bits per heavy atom. The Morgan fingerprint density at radius 1 is 1.29 bits per heavy atom. The van der Waals surface area contributed by atoms with Crippen LogP contribution in [0.5, 0.6) is 11.5 Å². The highest BCUT2D eigenvalue weighted by Gasteiger charge is 2.15. The fraction of sp³-hybridized carbons (Fsp3) is 0.133. The molecule has 1 amide bonds. The van der Waals surface area contributed by atoms with Crippen molar-refractivity contribution in [1.82, 2.24) is 5.32 Å². The van der Waals surface area contributed by atoms with Crippen molar-refractivity contribution in [3.05, 3.63) is 53.8 Å². The minimum absolute atomic E-state index is 0.168. The number of nitrogen functional groups attached to an aromatic ring is 1. The Kier molecular flexibility index (Phi) is 4.61. The number of hydrogen-bond acceptors (Lipinski definition) is 4. The lowest BCUT2D eigenvalue weighted by Crippen LogP contribution is -2.28. The lowest BCUT2D eigenvalue weighted by molar-refractivity contribution is 0.0940. The number of nitrogens with two attached hydrogens (primary N) is 1. The third-order valence-corrected chi connectivity index (χ3v) is 2.73. The van der Waals surface area contributed by atoms with Gasteiger partial charge < -0.3 is 20.9 Å². The molecule has 110 valence electrons. The van der Waals surface area contributed by atoms with E-state index < -0.39 is 17.5 Å². The van der Waals surface area contributed by atoms with Gasteiger partial charge in [0.1, 0.15) is 29.5 Å². The van der Waals surface area contributed by atoms with Crippen molar-refractivity contribution in [2.24, 2.45) is 0 Å². The molecule has 4 N–H and O–H groups in total. The van der Waals surface area contributed by atoms with Gasteiger partial charge in [-0.05, 0) is 24.3 Å². The third-order valence-electron chi connectivity index (χ3n) is 2.73. The van der Waals surface area contributed by atoms with Crippen LogP contribution in [0.1, 0.15) is 10.4 Å². The van der Waals surface area contributed by atoms with Gasteiger partial charge in [-0.3, -0.25) is 4.79 Å². The summed E-state index contributed by atoms with van der Waals surface area (Å²) in [7, 11) is 0. The van der Waals surface area contributed by atoms with Gasteiger partial charge in [0.25, 0.3) is 5.91 Å². The smallest absolute Gasteiger partial charge is 0.258 e. The quantitative estimate of drug-likeness (QED) is 0.580. The van der Waals surface area contributed by atoms with E-state index in [0.29, 0.717) is 11.4 Å². The number of carbonyl (C=O) groups is 1. The van der Waals surface area contributed by atoms with Crippen LogP contribution >= 0.6 is 0 Å². The van der Waals surface area contributed by atoms with Gasteiger partial charge in [0.15, 0.2) is 0 Å². The van der Waals surface area contributed by atoms with Crippen LogP contribution in [0.2, 0.25) is 0 Å². The Labute approximate surface area is 121 Å². The number of benzene rings is 2. The van der Waals surface area contributed by atoms with E-state index in [1.807, 2.05) is 0 Å². The molecule has 2 rings (SSSR count). The summed E-state index contributed by atoms with van der Waals surface area (Å²) in [6.07, 6.45) is 0. The second-order valence-electron chi connectivity index (χ2n) is 4.31. The van der Waals surface area contributed by atoms with Crippen LogP contribution in [0.15, 0.2) is 42.5 Å². The molecule has 2 aromatic carbocycles. The SMILES string of the molecule is Nc1cccc(OCCNC(=O)c2c(O)cccc2F)c1. The Balaban J connectivity index is 1.85. The van der Waals surface area contributed by atoms with Gasteiger partial charge >= 0.3 is 0 Å². The van der Waals surface area contributed by atoms with Crippen LogP contribution in [0.3, 0.4) is 0 Å². The van der Waals surface area contributed by atoms with E-state index in [4.69, 9.17) is 10.5 Å². The molecule has 0 aromatic heterocycles. The number of rotatable bonds is 5. The summed E-state index contributed by atoms with van der Waals surface area (Å²) in [6, 6.07) is 10.6. The molecule has 0 atom stereocenters. The van der Waals surface area contributed by atoms with Crippen LogP contribution in [-0.2, 0) is 0 Å². The van der Waals surface area contributed by atoms with Gasteiger partial charge in [-0.1, -0.05) is 12.1 Å². The zero-order valence-corrected chi connectivity index (χ0v) is 11.2. The van der Waals surface area contributed by atoms with Gasteiger partial charge in [-0.25, -0.2) is 4.39 Å². The first kappa shape index (κ1) is 14.6. The van der Waals surface area contributed by atoms with Crippen molar-refractivity contribution in [3.8, 4) is 11.5 Å². The molecule has 0 aliphatic carbocycles. The average molecular weight is 290 g/mol. The molecule has 0 heterocycles. The number of carbonyl (C=O) groups excluding carboxylic acids is 1. The molecule has 0 bridgehead atoms. The molecule has 0 saturated carbocycles. The Bertz CT molecular complexity index is 626. The first-order valence-corrected chi connectivity index (χ1v) is 6.32. The number of hydrogen-bond donors (Lipinski definition) is 3. The third kappa shape index (κ3) is 3.85. The molecule has 21 heavy (non-hydrogen) atoms. The second kappa shape index (κ2) is 6.60. The van der Waals surface area contributed by atoms with Crippen LogP contribution < -0.4 is 15.8 Å². The van der Waals surface area contributed by atoms with E-state index in [-0.39, 0.29) is 18.7 Å². The highest BCUT2D eigenvalue weighted by Crippen LogP contribution is 2.19. The number of amides is 1. The molecule has 6 heteroatoms. The fourth-order valence-corrected chi connectivity index (χ4v) is 1.76. The molecule has 0 spiro atoms. The normalized spacial score (nSPS) is 10.1. The number of aromatic hydroxyl groups is 1. The Morgan fingerprint density at radius 2 is 2.05 bits per heavy atom. The predicted octanol–water partition coefficient (Wildman–Crippen LogP) is 1.92. The minimum atomic E-state index is -0.774. The van der Waals surface area contributed by atoms with Crippen LogP contribution in [0.25, 0.3) is 0 Å². The largest absolute Gasteiger partial charge is 0.507 e. The monoisotopic (exact) mass is 290 g/mol. The summed E-state index contributed by atoms with van der Waals surface area (Å²) in [5.41, 5.74) is 5.80. The molecule has 2 aromatic rings. The molecule has 5 nitrogen and oxygen atoms in total. The molecule has 0 unspecified atom stereocenters. The Hall–Kier alpha value is -2.76. The van der Waals surface area contributed by atoms with E-state index in [2.05, 4.69) is 5.32 Å². The van der Waals surface area contributed by atoms with Crippen LogP contribution in [-0.4, -0.2) is 24.2 Å². The summed E-state index contributed by atoms with van der Waals surface area (Å²) >= 11 is 0. The lowest BCUT2D eigenvalue weighted by Gasteiger charge is -2.09. The summed E-state index contributed by atoms with van der Waals surface area (Å²) in [5.74, 6) is -1.28. The van der Waals surface area contributed by atoms with Gasteiger partial charge in [-0.2, -0.15) is 0 Å². The summed E-state index contributed by atoms with van der Waals surface area (Å²) in [6.45, 7) is 0.367. The van der Waals surface area contributed by atoms with E-state index in [1.54, 1.807) is 24.3 Å². The average Bonchev–Trinajstić information content (AvgIpc) is 2.43. The van der Waals surface area contributed by atoms with Gasteiger partial charge in [0, 0.05) is 11.8 Å². The summed E-state index contributed by atoms with van der Waals surface area (Å²) in [4.78, 5) is 11.8. The number of anilines is 1. The molecule has 0 aliphatic rings. The van der Waals surface area contributed by atoms with E-state index >= 15 is 0 Å². The first-order chi connectivity index (χ1) is 10.1. The summed E-state index contributed by atoms with van der Waals surface area (Å²) in [5, 5.41) is 12.0. The number of phenolic OH excluding ortho intramolecular Hbond substituents is 1. The molecule has 0 saturated heterocycles. The number of nitrogens with one attached hydrogen (secondary N) is 1. The second-order valence-corrected chi connectivity index (χ2v) is 4.31. The molecule has 0 radical (unpaired) electrons. The predicted molar refractivity (Wildman–Crippen MR) is 76.7 cm³/mol. The van der Waals surface area contributed by atoms with Crippen LogP contribution in [0, 0.1) is 5.82 Å². The van der Waals surface area contributed by atoms with Gasteiger partial charge in [0.05, 0.1) is 6.54 Å². The molecular formula is C15H15FN2O3. The van der Waals surface area contributed by atoms with Crippen molar-refractivity contribution >= 4 is 11.6 Å². The van der Waals surface area contributed by atoms with E-state index in [0.717, 1.165) is 6.07 Å². The van der Waals surface area contributed by atoms with E-state index in [9.17, 15) is 14.3 Å². The zero-order chi connectivity index (χ0) is 15.2. The maximum atomic E-state index is 13.5. The zero-order valence-electron chi connectivity index (χ0n) is 11.2. The van der Waals surface area contributed by atoms with E-state index in [1.165, 1.54) is 12.1 Å². The first-order valence-electron chi connectivity index (χ1n) is 6.32. The maximum absolute atomic E-state index is 13.5. The topological polar surface area (TPSA) is 84.6 Å². The molecule has 0 fully saturated rings. The van der Waals surface area contributed by atoms with Crippen molar-refractivity contribution in [1.29, 1.82) is 0 Å². The molecular weight excluding hydrogens is 275 g/mol. The van der Waals surface area contributed by atoms with Gasteiger partial charge in [0.2, 0.25) is 0 Å². The number of ether oxygens (including phenoxy) is 1. The highest BCUT2D eigenvalue weighted by atomic mass is 19.1. The molecule has 0 aliphatic heterocycles. The minimum Gasteiger partial charge on any atom is -0.507 e. The number of phenols is 1.